The van der Waals surface area contributed by atoms with E-state index in [2.05, 4.69) is 39.6 Å². The van der Waals surface area contributed by atoms with Crippen LogP contribution in [0.5, 0.6) is 0 Å². The van der Waals surface area contributed by atoms with Gasteiger partial charge in [0, 0.05) is 51.1 Å². The van der Waals surface area contributed by atoms with Crippen LogP contribution >= 0.6 is 0 Å². The van der Waals surface area contributed by atoms with Crippen LogP contribution in [0.25, 0.3) is 61.6 Å². The molecule has 8 bridgehead atoms. The van der Waals surface area contributed by atoms with Crippen LogP contribution in [-0.4, -0.2) is 96.1 Å². The number of nitrogens with zero attached hydrogens (tertiary/aromatic N) is 5. The zero-order chi connectivity index (χ0) is 56.3. The maximum Gasteiger partial charge on any atom is 2.00 e. The third kappa shape index (κ3) is 12.4. The van der Waals surface area contributed by atoms with Crippen LogP contribution in [-0.2, 0) is 85.7 Å². The van der Waals surface area contributed by atoms with E-state index in [0.717, 1.165) is 83.7 Å². The van der Waals surface area contributed by atoms with Gasteiger partial charge in [-0.25, -0.2) is 14.8 Å². The van der Waals surface area contributed by atoms with E-state index >= 15 is 0 Å². The van der Waals surface area contributed by atoms with Gasteiger partial charge in [-0.3, -0.25) is 28.9 Å². The number of allylic oxidation sites excluding steroid dienone is 5. The largest absolute Gasteiger partial charge is 2.00 e. The van der Waals surface area contributed by atoms with Gasteiger partial charge in [0.25, 0.3) is 0 Å². The average Bonchev–Trinajstić information content (AvgIpc) is 4.39. The summed E-state index contributed by atoms with van der Waals surface area (Å²) in [7, 11) is 2.75. The van der Waals surface area contributed by atoms with Gasteiger partial charge in [0.2, 0.25) is 0 Å². The molecule has 1 saturated heterocycles. The standard InChI is InChI=1S/C60H65N6O12.Pd/c1-13-41-32(5)55-54(39-18-15-38(16-19-39)17-20-40-28-66(60(72)61-34(40)7)59-58(77-37(10)69)57(76-36(9)68)51(78-59)29-75-35(8)67)56-33(6)42(14-2)48(65-56)26-46-31(4)44(22-24-53(71)74-12)50(63-46)27-49-43(21-23-52(70)73-11)30(3)45(62-49)25-47(41)64-55;/h15-20,25-28,51,57-59H,7,13-14,21-24,29H2,1-6,8-12H3,(H2-,61,62,63,64,65,72);/q-1;+2/p-1/b20-17+,45-25?,46-26?,47-25?,48-26?,49-27?,50-27?,55-54?,56-54?;/t51-,57-,58-,59-;/m1./s1. The number of aromatic nitrogens is 4. The number of fused-ring (bicyclic) bond motifs is 8. The van der Waals surface area contributed by atoms with Crippen LogP contribution in [0.2, 0.25) is 0 Å². The minimum absolute atomic E-state index is 0. The second-order valence-corrected chi connectivity index (χ2v) is 19.4. The Labute approximate surface area is 472 Å². The number of ether oxygens (including phenoxy) is 6. The number of hydrogen-bond acceptors (Lipinski definition) is 14. The van der Waals surface area contributed by atoms with Crippen molar-refractivity contribution in [2.75, 3.05) is 20.8 Å². The molecule has 4 atom stereocenters. The van der Waals surface area contributed by atoms with Crippen molar-refractivity contribution in [1.29, 1.82) is 0 Å². The molecule has 1 N–H and O–H groups in total. The second-order valence-electron chi connectivity index (χ2n) is 19.4. The Morgan fingerprint density at radius 1 is 0.734 bits per heavy atom. The number of benzene rings is 1. The third-order valence-electron chi connectivity index (χ3n) is 14.5. The van der Waals surface area contributed by atoms with Crippen LogP contribution in [0.4, 0.5) is 4.79 Å². The Hall–Kier alpha value is -7.72. The zero-order valence-corrected chi connectivity index (χ0v) is 47.7. The number of amides is 2. The minimum atomic E-state index is -1.28. The fraction of sp³-hybridized carbons (Fsp3) is 0.367. The number of hydrogen-bond donors (Lipinski definition) is 1. The van der Waals surface area contributed by atoms with Crippen molar-refractivity contribution < 1.29 is 77.6 Å². The molecular weight excluding hydrogens is 1100 g/mol. The first-order valence-electron chi connectivity index (χ1n) is 25.9. The van der Waals surface area contributed by atoms with Crippen molar-refractivity contribution >= 4 is 86.3 Å². The van der Waals surface area contributed by atoms with E-state index < -0.39 is 48.5 Å². The van der Waals surface area contributed by atoms with Gasteiger partial charge in [-0.2, -0.15) is 0 Å². The van der Waals surface area contributed by atoms with Gasteiger partial charge in [-0.05, 0) is 92.4 Å². The number of rotatable bonds is 16. The first-order valence-corrected chi connectivity index (χ1v) is 25.9. The van der Waals surface area contributed by atoms with Crippen molar-refractivity contribution in [3.63, 3.8) is 0 Å². The summed E-state index contributed by atoms with van der Waals surface area (Å²) in [5.74, 6) is -2.69. The second kappa shape index (κ2) is 24.9. The monoisotopic (exact) mass is 1170 g/mol. The molecule has 0 radical (unpaired) electrons. The molecule has 4 aliphatic heterocycles. The average molecular weight is 1170 g/mol. The smallest absolute Gasteiger partial charge is 0.657 e. The third-order valence-corrected chi connectivity index (χ3v) is 14.5. The number of urea groups is 1. The Kier molecular flexibility index (Phi) is 18.6. The van der Waals surface area contributed by atoms with Crippen LogP contribution in [0.1, 0.15) is 125 Å². The summed E-state index contributed by atoms with van der Waals surface area (Å²) < 4.78 is 32.5. The fourth-order valence-corrected chi connectivity index (χ4v) is 10.4. The first-order chi connectivity index (χ1) is 37.2. The van der Waals surface area contributed by atoms with E-state index in [4.69, 9.17) is 48.4 Å². The molecule has 8 rings (SSSR count). The van der Waals surface area contributed by atoms with Crippen molar-refractivity contribution in [1.82, 2.24) is 30.2 Å². The van der Waals surface area contributed by atoms with E-state index in [1.165, 1.54) is 46.1 Å². The first kappa shape index (κ1) is 59.0. The fourth-order valence-electron chi connectivity index (χ4n) is 10.4. The summed E-state index contributed by atoms with van der Waals surface area (Å²) in [5, 5.41) is 2.74. The molecular formula is C60H64N6O12Pd. The number of carbonyl (C=O) groups is 6. The number of methoxy groups -OCH3 is 2. The molecule has 1 aromatic carbocycles. The van der Waals surface area contributed by atoms with Crippen molar-refractivity contribution in [2.24, 2.45) is 0 Å². The predicted octanol–water partition coefficient (Wildman–Crippen LogP) is 9.33. The van der Waals surface area contributed by atoms with E-state index in [1.807, 2.05) is 62.4 Å². The topological polar surface area (TPSA) is 227 Å². The quantitative estimate of drug-likeness (QED) is 0.0626. The van der Waals surface area contributed by atoms with Gasteiger partial charge in [0.15, 0.2) is 18.4 Å². The molecule has 0 unspecified atom stereocenters. The Morgan fingerprint density at radius 3 is 1.99 bits per heavy atom. The molecule has 2 amide bonds. The summed E-state index contributed by atoms with van der Waals surface area (Å²) in [6, 6.07) is 13.3. The van der Waals surface area contributed by atoms with Gasteiger partial charge in [-0.15, -0.1) is 22.1 Å². The number of nitrogens with one attached hydrogen (secondary N) is 1. The zero-order valence-electron chi connectivity index (χ0n) is 46.2. The molecule has 7 heterocycles. The van der Waals surface area contributed by atoms with E-state index in [0.29, 0.717) is 53.7 Å². The molecule has 0 saturated carbocycles. The molecule has 0 spiro atoms. The van der Waals surface area contributed by atoms with Crippen molar-refractivity contribution in [3.05, 3.63) is 123 Å². The SMILES string of the molecule is C=C1NC(=O)N([C@@H]2O[C@H](COC(C)=O)[C@@H](OC(C)=O)[C@H]2OC(C)=O)C=C1/C=C/c1ccc(-c2c3nc(cc4[n-]c(cc5nc(cc6[n-]c2c(C)c6CC)C(C)=C5CCC(=O)OC)c(CCC(=O)OC)c4C)C(CC)=C3C)cc1.[Pd+2]. The van der Waals surface area contributed by atoms with Crippen LogP contribution in [0.3, 0.4) is 0 Å². The van der Waals surface area contributed by atoms with Crippen molar-refractivity contribution in [2.45, 2.75) is 125 Å². The molecule has 1 fully saturated rings. The molecule has 79 heavy (non-hydrogen) atoms. The number of esters is 5. The van der Waals surface area contributed by atoms with Gasteiger partial charge in [0.1, 0.15) is 12.7 Å². The molecule has 0 aliphatic carbocycles. The molecule has 19 heteroatoms. The van der Waals surface area contributed by atoms with Crippen molar-refractivity contribution in [3.8, 4) is 11.1 Å². The van der Waals surface area contributed by atoms with E-state index in [-0.39, 0.29) is 57.5 Å². The Morgan fingerprint density at radius 2 is 1.35 bits per heavy atom. The summed E-state index contributed by atoms with van der Waals surface area (Å²) >= 11 is 0. The van der Waals surface area contributed by atoms with Gasteiger partial charge >= 0.3 is 56.3 Å². The Balaban J connectivity index is 0.00000903. The number of aryl methyl sites for hydroxylation is 4. The van der Waals surface area contributed by atoms with Gasteiger partial charge in [-0.1, -0.05) is 97.3 Å². The summed E-state index contributed by atoms with van der Waals surface area (Å²) in [4.78, 5) is 97.5. The van der Waals surface area contributed by atoms with E-state index in [9.17, 15) is 28.8 Å². The number of carbonyl (C=O) groups excluding carboxylic acids is 6. The van der Waals surface area contributed by atoms with Gasteiger partial charge < -0.3 is 43.7 Å². The Bertz CT molecular complexity index is 3450. The van der Waals surface area contributed by atoms with E-state index in [1.54, 1.807) is 6.08 Å². The summed E-state index contributed by atoms with van der Waals surface area (Å²) in [5.41, 5.74) is 16.8. The maximum absolute atomic E-state index is 13.6. The van der Waals surface area contributed by atoms with Gasteiger partial charge in [0.05, 0.1) is 37.0 Å². The summed E-state index contributed by atoms with van der Waals surface area (Å²) in [6.45, 7) is 19.7. The van der Waals surface area contributed by atoms with Crippen LogP contribution in [0.15, 0.2) is 72.6 Å². The molecule has 416 valence electrons. The molecule has 3 aromatic heterocycles. The molecule has 18 nitrogen and oxygen atoms in total. The summed E-state index contributed by atoms with van der Waals surface area (Å²) in [6.07, 6.45) is 2.74. The van der Waals surface area contributed by atoms with Crippen LogP contribution < -0.4 is 15.3 Å². The van der Waals surface area contributed by atoms with Crippen LogP contribution in [0, 0.1) is 13.8 Å². The molecule has 4 aliphatic rings. The minimum Gasteiger partial charge on any atom is -0.657 e. The maximum atomic E-state index is 13.6. The predicted molar refractivity (Wildman–Crippen MR) is 293 cm³/mol. The molecule has 4 aromatic rings. The normalized spacial score (nSPS) is 18.1.